The highest BCUT2D eigenvalue weighted by atomic mass is 32.2. The fraction of sp³-hybridized carbons (Fsp3) is 0.529. The van der Waals surface area contributed by atoms with E-state index in [-0.39, 0.29) is 18.1 Å². The zero-order valence-corrected chi connectivity index (χ0v) is 16.2. The van der Waals surface area contributed by atoms with Crippen LogP contribution >= 0.6 is 0 Å². The molecule has 0 amide bonds. The fourth-order valence-electron chi connectivity index (χ4n) is 2.29. The first-order valence-electron chi connectivity index (χ1n) is 8.73. The minimum absolute atomic E-state index is 0.0527. The summed E-state index contributed by atoms with van der Waals surface area (Å²) in [6.07, 6.45) is 2.06. The van der Waals surface area contributed by atoms with Crippen molar-refractivity contribution in [2.24, 2.45) is 16.5 Å². The molecule has 1 atom stereocenters. The monoisotopic (exact) mass is 400 g/mol. The van der Waals surface area contributed by atoms with Crippen LogP contribution in [-0.2, 0) is 21.2 Å². The summed E-state index contributed by atoms with van der Waals surface area (Å²) < 4.78 is 31.4. The summed E-state index contributed by atoms with van der Waals surface area (Å²) in [6, 6.07) is 5.69. The normalized spacial score (nSPS) is 12.3. The molecule has 0 fully saturated rings. The second-order valence-corrected chi connectivity index (χ2v) is 7.91. The molecule has 0 aliphatic rings. The van der Waals surface area contributed by atoms with Crippen LogP contribution in [0.5, 0.6) is 5.75 Å². The molecule has 0 saturated heterocycles. The Morgan fingerprint density at radius 1 is 1.26 bits per heavy atom. The number of rotatable bonds is 13. The van der Waals surface area contributed by atoms with Crippen molar-refractivity contribution in [2.45, 2.75) is 38.6 Å². The highest BCUT2D eigenvalue weighted by molar-refractivity contribution is 7.89. The summed E-state index contributed by atoms with van der Waals surface area (Å²) in [7, 11) is -3.61. The SMILES string of the molecule is CCCS(=O)(=O)N[C@@H](Cc1ccc(OCCCCN=C(N)N)cc1)C(=O)O. The number of nitrogens with one attached hydrogen (secondary N) is 1. The number of hydrogen-bond acceptors (Lipinski definition) is 5. The first kappa shape index (κ1) is 22.7. The van der Waals surface area contributed by atoms with Gasteiger partial charge in [-0.15, -0.1) is 0 Å². The lowest BCUT2D eigenvalue weighted by molar-refractivity contribution is -0.138. The van der Waals surface area contributed by atoms with E-state index >= 15 is 0 Å². The van der Waals surface area contributed by atoms with Crippen molar-refractivity contribution in [1.82, 2.24) is 4.72 Å². The Bertz CT molecular complexity index is 715. The first-order chi connectivity index (χ1) is 12.7. The van der Waals surface area contributed by atoms with E-state index in [1.165, 1.54) is 0 Å². The summed E-state index contributed by atoms with van der Waals surface area (Å²) >= 11 is 0. The Balaban J connectivity index is 2.51. The molecule has 1 rings (SSSR count). The lowest BCUT2D eigenvalue weighted by Crippen LogP contribution is -2.43. The van der Waals surface area contributed by atoms with E-state index < -0.39 is 22.0 Å². The molecule has 0 saturated carbocycles. The van der Waals surface area contributed by atoms with Crippen LogP contribution in [0.2, 0.25) is 0 Å². The van der Waals surface area contributed by atoms with Gasteiger partial charge in [-0.25, -0.2) is 13.1 Å². The van der Waals surface area contributed by atoms with Gasteiger partial charge in [0.05, 0.1) is 12.4 Å². The molecule has 0 aliphatic heterocycles. The van der Waals surface area contributed by atoms with E-state index in [1.807, 2.05) is 0 Å². The first-order valence-corrected chi connectivity index (χ1v) is 10.4. The van der Waals surface area contributed by atoms with Crippen molar-refractivity contribution in [1.29, 1.82) is 0 Å². The molecule has 0 aromatic heterocycles. The predicted molar refractivity (Wildman–Crippen MR) is 104 cm³/mol. The van der Waals surface area contributed by atoms with Gasteiger partial charge in [0.15, 0.2) is 5.96 Å². The number of hydrogen-bond donors (Lipinski definition) is 4. The minimum Gasteiger partial charge on any atom is -0.494 e. The largest absolute Gasteiger partial charge is 0.494 e. The van der Waals surface area contributed by atoms with Gasteiger partial charge in [0.25, 0.3) is 0 Å². The molecule has 1 aromatic carbocycles. The molecule has 1 aromatic rings. The third-order valence-electron chi connectivity index (χ3n) is 3.57. The number of ether oxygens (including phenoxy) is 1. The van der Waals surface area contributed by atoms with E-state index in [4.69, 9.17) is 16.2 Å². The molecule has 0 heterocycles. The molecular formula is C17H28N4O5S. The van der Waals surface area contributed by atoms with Gasteiger partial charge >= 0.3 is 5.97 Å². The number of aliphatic imine (C=N–C) groups is 1. The van der Waals surface area contributed by atoms with Gasteiger partial charge in [0.2, 0.25) is 10.0 Å². The molecule has 0 spiro atoms. The molecule has 6 N–H and O–H groups in total. The van der Waals surface area contributed by atoms with Crippen LogP contribution in [0.15, 0.2) is 29.3 Å². The second kappa shape index (κ2) is 11.4. The number of nitrogens with two attached hydrogens (primary N) is 2. The topological polar surface area (TPSA) is 157 Å². The third kappa shape index (κ3) is 9.80. The Morgan fingerprint density at radius 3 is 2.48 bits per heavy atom. The molecule has 0 aliphatic carbocycles. The van der Waals surface area contributed by atoms with Crippen molar-refractivity contribution in [3.8, 4) is 5.75 Å². The van der Waals surface area contributed by atoms with Crippen molar-refractivity contribution in [3.05, 3.63) is 29.8 Å². The minimum atomic E-state index is -3.61. The lowest BCUT2D eigenvalue weighted by atomic mass is 10.1. The summed E-state index contributed by atoms with van der Waals surface area (Å²) in [5.74, 6) is -0.592. The molecule has 0 radical (unpaired) electrons. The van der Waals surface area contributed by atoms with Crippen LogP contribution in [0.25, 0.3) is 0 Å². The van der Waals surface area contributed by atoms with Crippen molar-refractivity contribution in [3.63, 3.8) is 0 Å². The average molecular weight is 401 g/mol. The van der Waals surface area contributed by atoms with Gasteiger partial charge in [-0.3, -0.25) is 9.79 Å². The van der Waals surface area contributed by atoms with E-state index in [9.17, 15) is 18.3 Å². The molecule has 152 valence electrons. The van der Waals surface area contributed by atoms with E-state index in [1.54, 1.807) is 31.2 Å². The highest BCUT2D eigenvalue weighted by Gasteiger charge is 2.23. The molecular weight excluding hydrogens is 372 g/mol. The van der Waals surface area contributed by atoms with Crippen molar-refractivity contribution < 1.29 is 23.1 Å². The van der Waals surface area contributed by atoms with Crippen LogP contribution in [0, 0.1) is 0 Å². The van der Waals surface area contributed by atoms with Gasteiger partial charge in [-0.05, 0) is 43.4 Å². The molecule has 9 nitrogen and oxygen atoms in total. The standard InChI is InChI=1S/C17H28N4O5S/c1-2-11-27(24,25)21-15(16(22)23)12-13-5-7-14(8-6-13)26-10-4-3-9-20-17(18)19/h5-8,15,21H,2-4,9-12H2,1H3,(H,22,23)(H4,18,19,20)/t15-/m0/s1. The fourth-order valence-corrected chi connectivity index (χ4v) is 3.57. The Morgan fingerprint density at radius 2 is 1.93 bits per heavy atom. The van der Waals surface area contributed by atoms with Crippen LogP contribution in [0.1, 0.15) is 31.7 Å². The van der Waals surface area contributed by atoms with Crippen molar-refractivity contribution in [2.75, 3.05) is 18.9 Å². The number of unbranched alkanes of at least 4 members (excludes halogenated alkanes) is 1. The van der Waals surface area contributed by atoms with Gasteiger partial charge < -0.3 is 21.3 Å². The molecule has 0 unspecified atom stereocenters. The van der Waals surface area contributed by atoms with Crippen LogP contribution < -0.4 is 20.9 Å². The Hall–Kier alpha value is -2.33. The second-order valence-electron chi connectivity index (χ2n) is 6.04. The number of guanidine groups is 1. The maximum Gasteiger partial charge on any atom is 0.322 e. The maximum absolute atomic E-state index is 11.8. The van der Waals surface area contributed by atoms with Gasteiger partial charge in [-0.2, -0.15) is 0 Å². The number of sulfonamides is 1. The Kier molecular flexibility index (Phi) is 9.59. The Labute approximate surface area is 159 Å². The number of nitrogens with zero attached hydrogens (tertiary/aromatic N) is 1. The lowest BCUT2D eigenvalue weighted by Gasteiger charge is -2.15. The number of aliphatic carboxylic acids is 1. The molecule has 27 heavy (non-hydrogen) atoms. The third-order valence-corrected chi connectivity index (χ3v) is 5.16. The highest BCUT2D eigenvalue weighted by Crippen LogP contribution is 2.14. The van der Waals surface area contributed by atoms with Crippen LogP contribution in [0.3, 0.4) is 0 Å². The molecule has 10 heteroatoms. The number of carbonyl (C=O) groups is 1. The van der Waals surface area contributed by atoms with Crippen LogP contribution in [0.4, 0.5) is 0 Å². The van der Waals surface area contributed by atoms with Crippen LogP contribution in [-0.4, -0.2) is 50.4 Å². The van der Waals surface area contributed by atoms with E-state index in [0.717, 1.165) is 12.8 Å². The van der Waals surface area contributed by atoms with Gasteiger partial charge in [0.1, 0.15) is 11.8 Å². The predicted octanol–water partition coefficient (Wildman–Crippen LogP) is 0.444. The maximum atomic E-state index is 11.8. The van der Waals surface area contributed by atoms with E-state index in [0.29, 0.717) is 30.9 Å². The van der Waals surface area contributed by atoms with Gasteiger partial charge in [0, 0.05) is 6.54 Å². The zero-order chi connectivity index (χ0) is 20.3. The smallest absolute Gasteiger partial charge is 0.322 e. The summed E-state index contributed by atoms with van der Waals surface area (Å²) in [5.41, 5.74) is 11.2. The summed E-state index contributed by atoms with van der Waals surface area (Å²) in [6.45, 7) is 2.78. The summed E-state index contributed by atoms with van der Waals surface area (Å²) in [4.78, 5) is 15.2. The van der Waals surface area contributed by atoms with Gasteiger partial charge in [-0.1, -0.05) is 19.1 Å². The summed E-state index contributed by atoms with van der Waals surface area (Å²) in [5, 5.41) is 9.27. The average Bonchev–Trinajstić information content (AvgIpc) is 2.58. The number of carboxylic acid groups (broad SMARTS) is 1. The zero-order valence-electron chi connectivity index (χ0n) is 15.4. The number of benzene rings is 1. The quantitative estimate of drug-likeness (QED) is 0.212. The molecule has 0 bridgehead atoms. The van der Waals surface area contributed by atoms with Crippen molar-refractivity contribution >= 4 is 22.0 Å². The van der Waals surface area contributed by atoms with E-state index in [2.05, 4.69) is 9.71 Å². The number of carboxylic acids is 1.